The third-order valence-corrected chi connectivity index (χ3v) is 6.59. The fraction of sp³-hybridized carbons (Fsp3) is 0.900. The summed E-state index contributed by atoms with van der Waals surface area (Å²) < 4.78 is 62.8. The third-order valence-electron chi connectivity index (χ3n) is 4.33. The summed E-state index contributed by atoms with van der Waals surface area (Å²) in [7, 11) is -3.68. The fourth-order valence-electron chi connectivity index (χ4n) is 3.60. The van der Waals surface area contributed by atoms with Crippen LogP contribution in [0.5, 0.6) is 0 Å². The Labute approximate surface area is 128 Å². The molecular weight excluding hydrogens is 350 g/mol. The van der Waals surface area contributed by atoms with Crippen LogP contribution in [0.1, 0.15) is 12.8 Å². The first-order valence-corrected chi connectivity index (χ1v) is 8.57. The summed E-state index contributed by atoms with van der Waals surface area (Å²) in [6.45, 7) is -1.32. The molecule has 8 nitrogen and oxygen atoms in total. The maximum atomic E-state index is 13.2. The molecule has 22 heavy (non-hydrogen) atoms. The molecule has 5 atom stereocenters. The minimum Gasteiger partial charge on any atom is -0.691 e. The molecular formula is C10H11F2O8S2-. The van der Waals surface area contributed by atoms with E-state index in [4.69, 9.17) is 4.18 Å². The highest BCUT2D eigenvalue weighted by molar-refractivity contribution is 7.95. The minimum atomic E-state index is -3.68. The van der Waals surface area contributed by atoms with E-state index < -0.39 is 57.3 Å². The van der Waals surface area contributed by atoms with E-state index in [0.29, 0.717) is 6.42 Å². The van der Waals surface area contributed by atoms with Gasteiger partial charge in [0.15, 0.2) is 6.61 Å². The highest BCUT2D eigenvalue weighted by atomic mass is 32.2. The van der Waals surface area contributed by atoms with Crippen molar-refractivity contribution in [3.05, 3.63) is 0 Å². The van der Waals surface area contributed by atoms with Gasteiger partial charge in [-0.05, 0) is 18.8 Å². The van der Waals surface area contributed by atoms with Crippen molar-refractivity contribution >= 4 is 28.1 Å². The van der Waals surface area contributed by atoms with Crippen molar-refractivity contribution in [1.82, 2.24) is 0 Å². The number of hydrogen-bond acceptors (Lipinski definition) is 9. The lowest BCUT2D eigenvalue weighted by Gasteiger charge is -2.24. The van der Waals surface area contributed by atoms with Gasteiger partial charge < -0.3 is 9.99 Å². The standard InChI is InChI=1S/C10H12F2O8S2/c11-10(12,21-20-19-14)3-17-9(13)7-4-1-5-6(2-4)22(15,16)18-8(5)7/h4-8,14H,1-3H2/p-1. The van der Waals surface area contributed by atoms with Gasteiger partial charge in [-0.15, -0.1) is 0 Å². The summed E-state index contributed by atoms with van der Waals surface area (Å²) in [5, 5.41) is 8.02. The predicted octanol–water partition coefficient (Wildman–Crippen LogP) is -0.253. The number of fused-ring (bicyclic) bond motifs is 1. The highest BCUT2D eigenvalue weighted by Crippen LogP contribution is 2.57. The maximum absolute atomic E-state index is 13.2. The van der Waals surface area contributed by atoms with Crippen molar-refractivity contribution in [2.75, 3.05) is 6.61 Å². The van der Waals surface area contributed by atoms with E-state index in [9.17, 15) is 27.3 Å². The van der Waals surface area contributed by atoms with E-state index in [1.807, 2.05) is 0 Å². The Morgan fingerprint density at radius 1 is 1.41 bits per heavy atom. The number of carbonyl (C=O) groups excluding carboxylic acids is 1. The molecule has 0 aromatic heterocycles. The second kappa shape index (κ2) is 5.53. The van der Waals surface area contributed by atoms with Crippen molar-refractivity contribution in [2.45, 2.75) is 29.5 Å². The molecule has 3 aliphatic rings. The van der Waals surface area contributed by atoms with E-state index >= 15 is 0 Å². The molecule has 0 N–H and O–H groups in total. The summed E-state index contributed by atoms with van der Waals surface area (Å²) >= 11 is -0.579. The topological polar surface area (TPSA) is 111 Å². The van der Waals surface area contributed by atoms with Gasteiger partial charge in [0.25, 0.3) is 10.1 Å². The molecule has 2 aliphatic carbocycles. The smallest absolute Gasteiger partial charge is 0.354 e. The zero-order valence-corrected chi connectivity index (χ0v) is 12.5. The molecule has 2 saturated carbocycles. The fourth-order valence-corrected chi connectivity index (χ4v) is 5.73. The quantitative estimate of drug-likeness (QED) is 0.208. The van der Waals surface area contributed by atoms with Crippen LogP contribution in [-0.4, -0.2) is 37.6 Å². The molecule has 3 fully saturated rings. The Hall–Kier alpha value is -0.530. The number of halogens is 2. The zero-order chi connectivity index (χ0) is 16.1. The molecule has 3 rings (SSSR count). The maximum Gasteiger partial charge on any atom is 0.354 e. The normalized spacial score (nSPS) is 38.4. The van der Waals surface area contributed by atoms with Crippen molar-refractivity contribution in [1.29, 1.82) is 0 Å². The minimum absolute atomic E-state index is 0.243. The lowest BCUT2D eigenvalue weighted by Crippen LogP contribution is -2.37. The second-order valence-electron chi connectivity index (χ2n) is 5.48. The summed E-state index contributed by atoms with van der Waals surface area (Å²) in [5.74, 6) is -2.32. The first-order chi connectivity index (χ1) is 10.2. The van der Waals surface area contributed by atoms with Crippen molar-refractivity contribution in [3.8, 4) is 0 Å². The number of esters is 1. The molecule has 1 aliphatic heterocycles. The van der Waals surface area contributed by atoms with Crippen molar-refractivity contribution in [2.24, 2.45) is 17.8 Å². The summed E-state index contributed by atoms with van der Waals surface area (Å²) in [6, 6.07) is 0. The monoisotopic (exact) mass is 361 g/mol. The zero-order valence-electron chi connectivity index (χ0n) is 10.8. The van der Waals surface area contributed by atoms with E-state index in [-0.39, 0.29) is 18.3 Å². The van der Waals surface area contributed by atoms with E-state index in [1.54, 1.807) is 0 Å². The first kappa shape index (κ1) is 16.3. The molecule has 0 aromatic carbocycles. The summed E-state index contributed by atoms with van der Waals surface area (Å²) in [5.41, 5.74) is 0. The van der Waals surface area contributed by atoms with Crippen LogP contribution in [0.2, 0.25) is 0 Å². The SMILES string of the molecule is O=C(OCC(F)(F)SOO[O-])C1C2CC3C1OS(=O)(=O)C3C2. The number of alkyl halides is 2. The van der Waals surface area contributed by atoms with Crippen LogP contribution >= 0.6 is 12.0 Å². The lowest BCUT2D eigenvalue weighted by atomic mass is 9.86. The van der Waals surface area contributed by atoms with E-state index in [0.717, 1.165) is 0 Å². The van der Waals surface area contributed by atoms with Crippen LogP contribution in [0.15, 0.2) is 0 Å². The van der Waals surface area contributed by atoms with Crippen LogP contribution in [0.4, 0.5) is 8.78 Å². The number of rotatable bonds is 6. The average molecular weight is 361 g/mol. The number of carbonyl (C=O) groups is 1. The molecule has 0 spiro atoms. The summed E-state index contributed by atoms with van der Waals surface area (Å²) in [6.07, 6.45) is -0.0440. The van der Waals surface area contributed by atoms with Gasteiger partial charge in [-0.1, -0.05) is 0 Å². The molecule has 0 aromatic rings. The molecule has 1 saturated heterocycles. The van der Waals surface area contributed by atoms with Gasteiger partial charge in [-0.2, -0.15) is 21.5 Å². The molecule has 5 unspecified atom stereocenters. The molecule has 1 heterocycles. The van der Waals surface area contributed by atoms with Crippen LogP contribution in [0.25, 0.3) is 0 Å². The molecule has 2 bridgehead atoms. The molecule has 0 radical (unpaired) electrons. The van der Waals surface area contributed by atoms with Gasteiger partial charge in [-0.3, -0.25) is 14.0 Å². The highest BCUT2D eigenvalue weighted by Gasteiger charge is 2.66. The number of hydrogen-bond donors (Lipinski definition) is 0. The van der Waals surface area contributed by atoms with E-state index in [2.05, 4.69) is 14.1 Å². The Morgan fingerprint density at radius 2 is 2.14 bits per heavy atom. The Morgan fingerprint density at radius 3 is 2.82 bits per heavy atom. The Kier molecular flexibility index (Phi) is 4.10. The van der Waals surface area contributed by atoms with Crippen LogP contribution in [0, 0.1) is 17.8 Å². The van der Waals surface area contributed by atoms with Gasteiger partial charge in [0, 0.05) is 5.92 Å². The average Bonchev–Trinajstić information content (AvgIpc) is 3.04. The van der Waals surface area contributed by atoms with Gasteiger partial charge in [0.1, 0.15) is 12.0 Å². The van der Waals surface area contributed by atoms with Gasteiger partial charge in [0.05, 0.1) is 17.3 Å². The van der Waals surface area contributed by atoms with Gasteiger partial charge in [0.2, 0.25) is 0 Å². The van der Waals surface area contributed by atoms with Gasteiger partial charge in [-0.25, -0.2) is 0 Å². The molecule has 0 amide bonds. The van der Waals surface area contributed by atoms with E-state index in [1.165, 1.54) is 0 Å². The van der Waals surface area contributed by atoms with Crippen LogP contribution in [-0.2, 0) is 33.2 Å². The van der Waals surface area contributed by atoms with Crippen LogP contribution < -0.4 is 5.26 Å². The third kappa shape index (κ3) is 2.71. The lowest BCUT2D eigenvalue weighted by molar-refractivity contribution is -0.777. The van der Waals surface area contributed by atoms with Gasteiger partial charge >= 0.3 is 11.2 Å². The second-order valence-corrected chi connectivity index (χ2v) is 8.16. The van der Waals surface area contributed by atoms with Crippen molar-refractivity contribution in [3.63, 3.8) is 0 Å². The predicted molar refractivity (Wildman–Crippen MR) is 63.0 cm³/mol. The Bertz CT molecular complexity index is 567. The molecule has 126 valence electrons. The van der Waals surface area contributed by atoms with Crippen molar-refractivity contribution < 1.29 is 45.5 Å². The summed E-state index contributed by atoms with van der Waals surface area (Å²) in [4.78, 5) is 12.0. The van der Waals surface area contributed by atoms with Crippen LogP contribution in [0.3, 0.4) is 0 Å². The number of ether oxygens (including phenoxy) is 1. The largest absolute Gasteiger partial charge is 0.691 e. The first-order valence-electron chi connectivity index (χ1n) is 6.36. The Balaban J connectivity index is 1.61. The molecule has 12 heteroatoms.